The summed E-state index contributed by atoms with van der Waals surface area (Å²) in [7, 11) is 0. The van der Waals surface area contributed by atoms with E-state index in [0.717, 1.165) is 5.39 Å². The van der Waals surface area contributed by atoms with Crippen molar-refractivity contribution in [2.45, 2.75) is 12.8 Å². The minimum atomic E-state index is -0.844. The van der Waals surface area contributed by atoms with E-state index in [-0.39, 0.29) is 6.42 Å². The van der Waals surface area contributed by atoms with Crippen molar-refractivity contribution in [2.75, 3.05) is 17.6 Å². The fraction of sp³-hybridized carbons (Fsp3) is 0.231. The number of hydrogen-bond acceptors (Lipinski definition) is 4. The first-order valence-electron chi connectivity index (χ1n) is 5.87. The van der Waals surface area contributed by atoms with Crippen LogP contribution in [0, 0.1) is 5.82 Å². The van der Waals surface area contributed by atoms with E-state index in [2.05, 4.69) is 10.3 Å². The predicted molar refractivity (Wildman–Crippen MR) is 71.5 cm³/mol. The molecule has 1 heterocycles. The number of carboxylic acid groups (broad SMARTS) is 1. The summed E-state index contributed by atoms with van der Waals surface area (Å²) in [5, 5.41) is 12.9. The van der Waals surface area contributed by atoms with Gasteiger partial charge in [0.15, 0.2) is 0 Å². The normalized spacial score (nSPS) is 10.6. The molecule has 0 aliphatic carbocycles. The quantitative estimate of drug-likeness (QED) is 0.568. The molecule has 100 valence electrons. The van der Waals surface area contributed by atoms with Crippen LogP contribution in [0.4, 0.5) is 15.9 Å². The van der Waals surface area contributed by atoms with Crippen molar-refractivity contribution in [3.63, 3.8) is 0 Å². The number of pyridine rings is 1. The van der Waals surface area contributed by atoms with Crippen LogP contribution in [0.5, 0.6) is 0 Å². The molecule has 0 radical (unpaired) electrons. The standard InChI is InChI=1S/C13H14FN3O2/c14-8-6-10-9(11(15)7-8)3-5-17-13(10)16-4-1-2-12(18)19/h3,5-7H,1-2,4,15H2,(H,16,17)(H,18,19). The Morgan fingerprint density at radius 1 is 1.42 bits per heavy atom. The Bertz CT molecular complexity index is 616. The predicted octanol–water partition coefficient (Wildman–Crippen LogP) is 2.23. The molecule has 0 saturated heterocycles. The molecule has 4 N–H and O–H groups in total. The van der Waals surface area contributed by atoms with E-state index in [1.807, 2.05) is 0 Å². The third-order valence-electron chi connectivity index (χ3n) is 2.74. The first-order chi connectivity index (χ1) is 9.08. The zero-order chi connectivity index (χ0) is 13.8. The minimum absolute atomic E-state index is 0.0776. The average Bonchev–Trinajstić information content (AvgIpc) is 2.34. The maximum atomic E-state index is 13.4. The van der Waals surface area contributed by atoms with E-state index in [0.29, 0.717) is 29.9 Å². The van der Waals surface area contributed by atoms with Crippen molar-refractivity contribution >= 4 is 28.2 Å². The number of nitrogens with two attached hydrogens (primary N) is 1. The van der Waals surface area contributed by atoms with Gasteiger partial charge >= 0.3 is 5.97 Å². The number of nitrogens with zero attached hydrogens (tertiary/aromatic N) is 1. The lowest BCUT2D eigenvalue weighted by Crippen LogP contribution is -2.06. The zero-order valence-corrected chi connectivity index (χ0v) is 10.2. The Kier molecular flexibility index (Phi) is 3.79. The molecule has 1 aromatic carbocycles. The largest absolute Gasteiger partial charge is 0.481 e. The molecule has 0 aliphatic rings. The average molecular weight is 263 g/mol. The lowest BCUT2D eigenvalue weighted by atomic mass is 10.1. The summed E-state index contributed by atoms with van der Waals surface area (Å²) in [6.45, 7) is 0.453. The number of nitrogens with one attached hydrogen (secondary N) is 1. The SMILES string of the molecule is Nc1cc(F)cc2c(NCCCC(=O)O)nccc12. The highest BCUT2D eigenvalue weighted by molar-refractivity contribution is 5.99. The number of carboxylic acids is 1. The highest BCUT2D eigenvalue weighted by atomic mass is 19.1. The number of carbonyl (C=O) groups is 1. The lowest BCUT2D eigenvalue weighted by molar-refractivity contribution is -0.137. The lowest BCUT2D eigenvalue weighted by Gasteiger charge is -2.09. The second kappa shape index (κ2) is 5.51. The van der Waals surface area contributed by atoms with E-state index in [1.165, 1.54) is 12.1 Å². The molecule has 0 amide bonds. The Labute approximate surface area is 109 Å². The number of anilines is 2. The van der Waals surface area contributed by atoms with E-state index in [1.54, 1.807) is 12.3 Å². The van der Waals surface area contributed by atoms with Crippen molar-refractivity contribution in [2.24, 2.45) is 0 Å². The molecule has 2 rings (SSSR count). The van der Waals surface area contributed by atoms with E-state index in [9.17, 15) is 9.18 Å². The maximum absolute atomic E-state index is 13.4. The van der Waals surface area contributed by atoms with Gasteiger partial charge < -0.3 is 16.2 Å². The zero-order valence-electron chi connectivity index (χ0n) is 10.2. The Hall–Kier alpha value is -2.37. The Morgan fingerprint density at radius 3 is 2.95 bits per heavy atom. The molecule has 0 unspecified atom stereocenters. The third kappa shape index (κ3) is 3.09. The highest BCUT2D eigenvalue weighted by Crippen LogP contribution is 2.27. The maximum Gasteiger partial charge on any atom is 0.303 e. The smallest absolute Gasteiger partial charge is 0.303 e. The molecular weight excluding hydrogens is 249 g/mol. The van der Waals surface area contributed by atoms with Gasteiger partial charge in [0.25, 0.3) is 0 Å². The summed E-state index contributed by atoms with van der Waals surface area (Å²) in [4.78, 5) is 14.5. The summed E-state index contributed by atoms with van der Waals surface area (Å²) < 4.78 is 13.4. The van der Waals surface area contributed by atoms with E-state index < -0.39 is 11.8 Å². The van der Waals surface area contributed by atoms with Gasteiger partial charge in [-0.1, -0.05) is 0 Å². The van der Waals surface area contributed by atoms with Crippen LogP contribution < -0.4 is 11.1 Å². The van der Waals surface area contributed by atoms with Gasteiger partial charge in [-0.25, -0.2) is 9.37 Å². The van der Waals surface area contributed by atoms with Crippen LogP contribution in [0.2, 0.25) is 0 Å². The fourth-order valence-corrected chi connectivity index (χ4v) is 1.86. The van der Waals surface area contributed by atoms with Crippen molar-refractivity contribution in [1.29, 1.82) is 0 Å². The molecule has 0 fully saturated rings. The van der Waals surface area contributed by atoms with E-state index in [4.69, 9.17) is 10.8 Å². The molecule has 0 bridgehead atoms. The van der Waals surface area contributed by atoms with Gasteiger partial charge in [-0.3, -0.25) is 4.79 Å². The second-order valence-electron chi connectivity index (χ2n) is 4.17. The molecule has 1 aromatic heterocycles. The first kappa shape index (κ1) is 13.1. The van der Waals surface area contributed by atoms with Crippen LogP contribution in [0.15, 0.2) is 24.4 Å². The van der Waals surface area contributed by atoms with E-state index >= 15 is 0 Å². The van der Waals surface area contributed by atoms with Gasteiger partial charge in [-0.2, -0.15) is 0 Å². The molecule has 0 atom stereocenters. The van der Waals surface area contributed by atoms with Gasteiger partial charge in [0.1, 0.15) is 11.6 Å². The van der Waals surface area contributed by atoms with Gasteiger partial charge in [0, 0.05) is 35.6 Å². The summed E-state index contributed by atoms with van der Waals surface area (Å²) in [6.07, 6.45) is 2.13. The molecule has 0 aliphatic heterocycles. The van der Waals surface area contributed by atoms with Gasteiger partial charge in [0.05, 0.1) is 0 Å². The number of aliphatic carboxylic acids is 1. The molecule has 0 spiro atoms. The van der Waals surface area contributed by atoms with Crippen LogP contribution in [-0.2, 0) is 4.79 Å². The van der Waals surface area contributed by atoms with Gasteiger partial charge in [-0.15, -0.1) is 0 Å². The number of rotatable bonds is 5. The van der Waals surface area contributed by atoms with Gasteiger partial charge in [0.2, 0.25) is 0 Å². The topological polar surface area (TPSA) is 88.2 Å². The van der Waals surface area contributed by atoms with Gasteiger partial charge in [-0.05, 0) is 24.6 Å². The summed E-state index contributed by atoms with van der Waals surface area (Å²) in [5.74, 6) is -0.761. The van der Waals surface area contributed by atoms with Crippen LogP contribution >= 0.6 is 0 Å². The van der Waals surface area contributed by atoms with Crippen molar-refractivity contribution in [3.8, 4) is 0 Å². The van der Waals surface area contributed by atoms with Crippen molar-refractivity contribution in [3.05, 3.63) is 30.2 Å². The first-order valence-corrected chi connectivity index (χ1v) is 5.87. The molecular formula is C13H14FN3O2. The number of aromatic nitrogens is 1. The Morgan fingerprint density at radius 2 is 2.21 bits per heavy atom. The fourth-order valence-electron chi connectivity index (χ4n) is 1.86. The van der Waals surface area contributed by atoms with Crippen LogP contribution in [0.1, 0.15) is 12.8 Å². The van der Waals surface area contributed by atoms with Crippen molar-refractivity contribution in [1.82, 2.24) is 4.98 Å². The van der Waals surface area contributed by atoms with Crippen LogP contribution in [0.3, 0.4) is 0 Å². The highest BCUT2D eigenvalue weighted by Gasteiger charge is 2.07. The molecule has 6 heteroatoms. The number of nitrogen functional groups attached to an aromatic ring is 1. The Balaban J connectivity index is 2.21. The monoisotopic (exact) mass is 263 g/mol. The number of fused-ring (bicyclic) bond motifs is 1. The summed E-state index contributed by atoms with van der Waals surface area (Å²) >= 11 is 0. The third-order valence-corrected chi connectivity index (χ3v) is 2.74. The van der Waals surface area contributed by atoms with Crippen LogP contribution in [-0.4, -0.2) is 22.6 Å². The molecule has 0 saturated carbocycles. The second-order valence-corrected chi connectivity index (χ2v) is 4.17. The number of benzene rings is 1. The molecule has 2 aromatic rings. The molecule has 19 heavy (non-hydrogen) atoms. The number of halogens is 1. The minimum Gasteiger partial charge on any atom is -0.481 e. The summed E-state index contributed by atoms with van der Waals surface area (Å²) in [5.41, 5.74) is 6.10. The van der Waals surface area contributed by atoms with Crippen LogP contribution in [0.25, 0.3) is 10.8 Å². The van der Waals surface area contributed by atoms with Crippen molar-refractivity contribution < 1.29 is 14.3 Å². The number of hydrogen-bond donors (Lipinski definition) is 3. The summed E-state index contributed by atoms with van der Waals surface area (Å²) in [6, 6.07) is 4.33. The molecule has 5 nitrogen and oxygen atoms in total.